The lowest BCUT2D eigenvalue weighted by atomic mass is 9.96. The van der Waals surface area contributed by atoms with Gasteiger partial charge >= 0.3 is 0 Å². The first-order chi connectivity index (χ1) is 17.4. The molecule has 0 unspecified atom stereocenters. The number of nitrogens with zero attached hydrogens (tertiary/aromatic N) is 4. The Kier molecular flexibility index (Phi) is 6.41. The Hall–Kier alpha value is -4.20. The van der Waals surface area contributed by atoms with Crippen molar-refractivity contribution in [2.75, 3.05) is 18.4 Å². The summed E-state index contributed by atoms with van der Waals surface area (Å²) in [5.41, 5.74) is 4.02. The second kappa shape index (κ2) is 9.81. The van der Waals surface area contributed by atoms with Crippen LogP contribution in [0.2, 0.25) is 0 Å². The molecule has 1 N–H and O–H groups in total. The lowest BCUT2D eigenvalue weighted by Gasteiger charge is -2.32. The quantitative estimate of drug-likeness (QED) is 0.437. The first-order valence-corrected chi connectivity index (χ1v) is 12.1. The fourth-order valence-electron chi connectivity index (χ4n) is 4.66. The molecule has 3 heterocycles. The van der Waals surface area contributed by atoms with Gasteiger partial charge in [-0.1, -0.05) is 12.1 Å². The lowest BCUT2D eigenvalue weighted by Crippen LogP contribution is -2.44. The SMILES string of the molecule is Cc1cccc(NC(=O)[C@H]2CCCN(C(=O)c3cnn(-c4ccc(F)cc4)c3-n3cccc3)C2)c1C. The van der Waals surface area contributed by atoms with Gasteiger partial charge in [-0.05, 0) is 80.3 Å². The zero-order valence-electron chi connectivity index (χ0n) is 20.3. The van der Waals surface area contributed by atoms with E-state index in [0.717, 1.165) is 29.7 Å². The van der Waals surface area contributed by atoms with Gasteiger partial charge in [0.2, 0.25) is 5.91 Å². The molecular formula is C28H28FN5O2. The summed E-state index contributed by atoms with van der Waals surface area (Å²) in [6.07, 6.45) is 6.68. The molecule has 2 aromatic heterocycles. The van der Waals surface area contributed by atoms with Crippen molar-refractivity contribution in [1.29, 1.82) is 0 Å². The number of carbonyl (C=O) groups excluding carboxylic acids is 2. The maximum Gasteiger partial charge on any atom is 0.259 e. The van der Waals surface area contributed by atoms with E-state index in [1.165, 1.54) is 12.1 Å². The normalized spacial score (nSPS) is 15.6. The summed E-state index contributed by atoms with van der Waals surface area (Å²) < 4.78 is 16.9. The van der Waals surface area contributed by atoms with Gasteiger partial charge < -0.3 is 14.8 Å². The zero-order valence-corrected chi connectivity index (χ0v) is 20.3. The average Bonchev–Trinajstić information content (AvgIpc) is 3.57. The Morgan fingerprint density at radius 3 is 2.53 bits per heavy atom. The van der Waals surface area contributed by atoms with Gasteiger partial charge in [0.25, 0.3) is 5.91 Å². The van der Waals surface area contributed by atoms with E-state index in [0.29, 0.717) is 30.2 Å². The Labute approximate surface area is 209 Å². The number of carbonyl (C=O) groups is 2. The standard InChI is InChI=1S/C28H28FN5O2/c1-19-7-5-9-25(20(19)2)31-26(35)21-8-6-16-33(18-21)28(36)24-17-30-34(23-12-10-22(29)11-13-23)27(24)32-14-3-4-15-32/h3-5,7,9-15,17,21H,6,8,16,18H2,1-2H3,(H,31,35)/t21-/m0/s1. The highest BCUT2D eigenvalue weighted by Gasteiger charge is 2.31. The number of piperidine rings is 1. The van der Waals surface area contributed by atoms with E-state index in [1.54, 1.807) is 27.9 Å². The molecule has 2 amide bonds. The third kappa shape index (κ3) is 4.54. The Morgan fingerprint density at radius 1 is 1.03 bits per heavy atom. The van der Waals surface area contributed by atoms with E-state index in [1.807, 2.05) is 61.1 Å². The molecule has 2 aromatic carbocycles. The molecule has 0 radical (unpaired) electrons. The highest BCUT2D eigenvalue weighted by atomic mass is 19.1. The predicted octanol–water partition coefficient (Wildman–Crippen LogP) is 4.91. The van der Waals surface area contributed by atoms with E-state index >= 15 is 0 Å². The Balaban J connectivity index is 1.40. The Bertz CT molecular complexity index is 1390. The van der Waals surface area contributed by atoms with Crippen molar-refractivity contribution in [3.63, 3.8) is 0 Å². The maximum atomic E-state index is 13.7. The molecule has 36 heavy (non-hydrogen) atoms. The van der Waals surface area contributed by atoms with E-state index in [-0.39, 0.29) is 23.5 Å². The van der Waals surface area contributed by atoms with Crippen molar-refractivity contribution >= 4 is 17.5 Å². The number of amides is 2. The number of nitrogens with one attached hydrogen (secondary N) is 1. The molecule has 0 spiro atoms. The summed E-state index contributed by atoms with van der Waals surface area (Å²) >= 11 is 0. The predicted molar refractivity (Wildman–Crippen MR) is 136 cm³/mol. The van der Waals surface area contributed by atoms with Crippen molar-refractivity contribution in [1.82, 2.24) is 19.2 Å². The number of hydrogen-bond acceptors (Lipinski definition) is 3. The molecule has 4 aromatic rings. The minimum Gasteiger partial charge on any atom is -0.338 e. The fraction of sp³-hybridized carbons (Fsp3) is 0.250. The number of likely N-dealkylation sites (tertiary alicyclic amines) is 1. The maximum absolute atomic E-state index is 13.7. The van der Waals surface area contributed by atoms with Gasteiger partial charge in [0.15, 0.2) is 5.82 Å². The summed E-state index contributed by atoms with van der Waals surface area (Å²) in [5.74, 6) is -0.336. The molecule has 0 aliphatic carbocycles. The van der Waals surface area contributed by atoms with E-state index < -0.39 is 0 Å². The minimum atomic E-state index is -0.344. The lowest BCUT2D eigenvalue weighted by molar-refractivity contribution is -0.121. The third-order valence-electron chi connectivity index (χ3n) is 6.84. The first-order valence-electron chi connectivity index (χ1n) is 12.1. The van der Waals surface area contributed by atoms with Gasteiger partial charge in [0.05, 0.1) is 17.8 Å². The highest BCUT2D eigenvalue weighted by molar-refractivity contribution is 5.98. The zero-order chi connectivity index (χ0) is 25.2. The highest BCUT2D eigenvalue weighted by Crippen LogP contribution is 2.26. The monoisotopic (exact) mass is 485 g/mol. The van der Waals surface area contributed by atoms with Crippen LogP contribution in [0.5, 0.6) is 0 Å². The van der Waals surface area contributed by atoms with Crippen LogP contribution in [-0.4, -0.2) is 44.2 Å². The summed E-state index contributed by atoms with van der Waals surface area (Å²) in [6.45, 7) is 4.91. The van der Waals surface area contributed by atoms with Crippen LogP contribution in [0.1, 0.15) is 34.3 Å². The van der Waals surface area contributed by atoms with Crippen molar-refractivity contribution in [3.8, 4) is 11.5 Å². The van der Waals surface area contributed by atoms with Gasteiger partial charge in [0.1, 0.15) is 11.4 Å². The molecule has 1 aliphatic heterocycles. The Morgan fingerprint density at radius 2 is 1.78 bits per heavy atom. The van der Waals surface area contributed by atoms with E-state index in [2.05, 4.69) is 10.4 Å². The van der Waals surface area contributed by atoms with Gasteiger partial charge in [-0.15, -0.1) is 0 Å². The largest absolute Gasteiger partial charge is 0.338 e. The smallest absolute Gasteiger partial charge is 0.259 e. The average molecular weight is 486 g/mol. The van der Waals surface area contributed by atoms with Crippen molar-refractivity contribution in [2.45, 2.75) is 26.7 Å². The van der Waals surface area contributed by atoms with Crippen LogP contribution >= 0.6 is 0 Å². The van der Waals surface area contributed by atoms with Gasteiger partial charge in [-0.3, -0.25) is 9.59 Å². The molecule has 1 saturated heterocycles. The second-order valence-corrected chi connectivity index (χ2v) is 9.19. The molecule has 1 atom stereocenters. The second-order valence-electron chi connectivity index (χ2n) is 9.19. The van der Waals surface area contributed by atoms with Crippen LogP contribution in [0.15, 0.2) is 73.2 Å². The first kappa shape index (κ1) is 23.5. The van der Waals surface area contributed by atoms with E-state index in [9.17, 15) is 14.0 Å². The minimum absolute atomic E-state index is 0.0751. The number of rotatable bonds is 5. The molecule has 1 fully saturated rings. The molecule has 8 heteroatoms. The molecule has 184 valence electrons. The van der Waals surface area contributed by atoms with Crippen LogP contribution in [-0.2, 0) is 4.79 Å². The fourth-order valence-corrected chi connectivity index (χ4v) is 4.66. The van der Waals surface area contributed by atoms with E-state index in [4.69, 9.17) is 0 Å². The molecule has 1 aliphatic rings. The summed E-state index contributed by atoms with van der Waals surface area (Å²) in [4.78, 5) is 28.5. The van der Waals surface area contributed by atoms with Gasteiger partial charge in [-0.25, -0.2) is 9.07 Å². The van der Waals surface area contributed by atoms with Gasteiger partial charge in [0, 0.05) is 31.2 Å². The van der Waals surface area contributed by atoms with Gasteiger partial charge in [-0.2, -0.15) is 5.10 Å². The topological polar surface area (TPSA) is 72.2 Å². The number of halogens is 1. The molecule has 7 nitrogen and oxygen atoms in total. The number of benzene rings is 2. The van der Waals surface area contributed by atoms with Crippen LogP contribution in [0.25, 0.3) is 11.5 Å². The molecule has 5 rings (SSSR count). The summed E-state index contributed by atoms with van der Waals surface area (Å²) in [5, 5.41) is 7.52. The number of aryl methyl sites for hydroxylation is 1. The number of aromatic nitrogens is 3. The van der Waals surface area contributed by atoms with Crippen LogP contribution < -0.4 is 5.32 Å². The van der Waals surface area contributed by atoms with Crippen molar-refractivity contribution < 1.29 is 14.0 Å². The molecule has 0 saturated carbocycles. The van der Waals surface area contributed by atoms with Crippen LogP contribution in [0.4, 0.5) is 10.1 Å². The molecule has 0 bridgehead atoms. The third-order valence-corrected chi connectivity index (χ3v) is 6.84. The van der Waals surface area contributed by atoms with Crippen LogP contribution in [0, 0.1) is 25.6 Å². The van der Waals surface area contributed by atoms with Crippen molar-refractivity contribution in [2.24, 2.45) is 5.92 Å². The summed E-state index contributed by atoms with van der Waals surface area (Å²) in [7, 11) is 0. The molecular weight excluding hydrogens is 457 g/mol. The number of anilines is 1. The van der Waals surface area contributed by atoms with Crippen molar-refractivity contribution in [3.05, 3.63) is 95.7 Å². The number of hydrogen-bond donors (Lipinski definition) is 1. The van der Waals surface area contributed by atoms with Crippen LogP contribution in [0.3, 0.4) is 0 Å². The summed E-state index contributed by atoms with van der Waals surface area (Å²) in [6, 6.07) is 15.5.